The molecule has 0 heterocycles. The van der Waals surface area contributed by atoms with Crippen LogP contribution in [0.1, 0.15) is 75.3 Å². The van der Waals surface area contributed by atoms with E-state index in [1.165, 1.54) is 50.8 Å². The molecule has 1 fully saturated rings. The second-order valence-electron chi connectivity index (χ2n) is 9.67. The molecule has 0 spiro atoms. The second-order valence-corrected chi connectivity index (χ2v) is 9.67. The monoisotopic (exact) mass is 444 g/mol. The summed E-state index contributed by atoms with van der Waals surface area (Å²) < 4.78 is 58.2. The van der Waals surface area contributed by atoms with Crippen molar-refractivity contribution in [3.8, 4) is 11.1 Å². The smallest absolute Gasteiger partial charge is 0.167 e. The molecule has 0 saturated heterocycles. The Bertz CT molecular complexity index is 985. The minimum atomic E-state index is -1.14. The lowest BCUT2D eigenvalue weighted by Crippen LogP contribution is -2.23. The van der Waals surface area contributed by atoms with Crippen LogP contribution >= 0.6 is 0 Å². The van der Waals surface area contributed by atoms with E-state index in [-0.39, 0.29) is 22.6 Å². The Morgan fingerprint density at radius 3 is 2.00 bits per heavy atom. The van der Waals surface area contributed by atoms with Crippen LogP contribution in [0, 0.1) is 47.9 Å². The van der Waals surface area contributed by atoms with Crippen LogP contribution in [0.3, 0.4) is 0 Å². The summed E-state index contributed by atoms with van der Waals surface area (Å²) in [5, 5.41) is 0. The van der Waals surface area contributed by atoms with Gasteiger partial charge in [0.1, 0.15) is 0 Å². The Balaban J connectivity index is 1.46. The molecule has 2 aromatic carbocycles. The van der Waals surface area contributed by atoms with Crippen LogP contribution in [-0.4, -0.2) is 0 Å². The highest BCUT2D eigenvalue weighted by Crippen LogP contribution is 2.44. The molecule has 0 amide bonds. The Labute approximate surface area is 188 Å². The summed E-state index contributed by atoms with van der Waals surface area (Å²) in [6, 6.07) is 5.64. The fraction of sp³-hybridized carbons (Fsp3) is 0.500. The fourth-order valence-corrected chi connectivity index (χ4v) is 5.70. The lowest BCUT2D eigenvalue weighted by atomic mass is 9.70. The SMILES string of the molecule is CCCC1C=CC(C2CCC(c3ccc(-c4ccc(C)c(F)c4F)c(F)c3F)CC2)CC1. The minimum Gasteiger partial charge on any atom is -0.203 e. The highest BCUT2D eigenvalue weighted by Gasteiger charge is 2.31. The summed E-state index contributed by atoms with van der Waals surface area (Å²) in [5.41, 5.74) is 0.0182. The molecule has 172 valence electrons. The third-order valence-corrected chi connectivity index (χ3v) is 7.66. The molecule has 2 aliphatic carbocycles. The topological polar surface area (TPSA) is 0 Å². The van der Waals surface area contributed by atoms with E-state index in [2.05, 4.69) is 19.1 Å². The van der Waals surface area contributed by atoms with Crippen molar-refractivity contribution in [2.24, 2.45) is 17.8 Å². The van der Waals surface area contributed by atoms with Crippen LogP contribution in [0.5, 0.6) is 0 Å². The van der Waals surface area contributed by atoms with E-state index >= 15 is 4.39 Å². The van der Waals surface area contributed by atoms with Crippen LogP contribution in [0.15, 0.2) is 36.4 Å². The molecular formula is C28H32F4. The molecule has 2 atom stereocenters. The normalized spacial score (nSPS) is 25.8. The van der Waals surface area contributed by atoms with E-state index in [0.29, 0.717) is 17.4 Å². The van der Waals surface area contributed by atoms with Crippen LogP contribution < -0.4 is 0 Å². The first-order chi connectivity index (χ1) is 15.4. The molecule has 32 heavy (non-hydrogen) atoms. The quantitative estimate of drug-likeness (QED) is 0.319. The molecule has 0 aliphatic heterocycles. The number of benzene rings is 2. The molecule has 1 saturated carbocycles. The van der Waals surface area contributed by atoms with Crippen molar-refractivity contribution in [3.63, 3.8) is 0 Å². The van der Waals surface area contributed by atoms with Gasteiger partial charge in [0.25, 0.3) is 0 Å². The zero-order valence-corrected chi connectivity index (χ0v) is 18.9. The first kappa shape index (κ1) is 23.1. The number of rotatable bonds is 5. The maximum absolute atomic E-state index is 15.0. The number of aryl methyl sites for hydroxylation is 1. The van der Waals surface area contributed by atoms with E-state index < -0.39 is 23.3 Å². The van der Waals surface area contributed by atoms with Crippen molar-refractivity contribution in [1.82, 2.24) is 0 Å². The van der Waals surface area contributed by atoms with Crippen molar-refractivity contribution >= 4 is 0 Å². The van der Waals surface area contributed by atoms with Gasteiger partial charge in [0, 0.05) is 11.1 Å². The predicted octanol–water partition coefficient (Wildman–Crippen LogP) is 8.87. The van der Waals surface area contributed by atoms with E-state index in [1.54, 1.807) is 6.07 Å². The van der Waals surface area contributed by atoms with Gasteiger partial charge in [-0.1, -0.05) is 49.8 Å². The van der Waals surface area contributed by atoms with Gasteiger partial charge >= 0.3 is 0 Å². The van der Waals surface area contributed by atoms with Gasteiger partial charge in [0.15, 0.2) is 23.3 Å². The van der Waals surface area contributed by atoms with Gasteiger partial charge < -0.3 is 0 Å². The van der Waals surface area contributed by atoms with Gasteiger partial charge in [0.2, 0.25) is 0 Å². The average molecular weight is 445 g/mol. The fourth-order valence-electron chi connectivity index (χ4n) is 5.70. The zero-order valence-electron chi connectivity index (χ0n) is 18.9. The highest BCUT2D eigenvalue weighted by molar-refractivity contribution is 5.66. The first-order valence-corrected chi connectivity index (χ1v) is 12.0. The molecule has 0 aromatic heterocycles. The zero-order chi connectivity index (χ0) is 22.8. The predicted molar refractivity (Wildman–Crippen MR) is 121 cm³/mol. The highest BCUT2D eigenvalue weighted by atomic mass is 19.2. The van der Waals surface area contributed by atoms with Gasteiger partial charge in [-0.25, -0.2) is 17.6 Å². The molecule has 4 rings (SSSR count). The van der Waals surface area contributed by atoms with E-state index in [1.807, 2.05) is 0 Å². The summed E-state index contributed by atoms with van der Waals surface area (Å²) in [7, 11) is 0. The Kier molecular flexibility index (Phi) is 7.07. The standard InChI is InChI=1S/C28H32F4/c1-3-4-18-6-8-19(9-7-18)20-10-12-21(13-11-20)22-15-16-24(28(32)26(22)30)23-14-5-17(2)25(29)27(23)31/h5-6,8,14-16,18-21H,3-4,7,9-13H2,1-2H3. The Hall–Kier alpha value is -2.10. The molecule has 0 nitrogen and oxygen atoms in total. The molecule has 0 radical (unpaired) electrons. The van der Waals surface area contributed by atoms with Crippen molar-refractivity contribution in [2.45, 2.75) is 71.1 Å². The van der Waals surface area contributed by atoms with Gasteiger partial charge in [-0.2, -0.15) is 0 Å². The number of allylic oxidation sites excluding steroid dienone is 2. The largest absolute Gasteiger partial charge is 0.203 e. The molecule has 2 aliphatic rings. The van der Waals surface area contributed by atoms with Crippen LogP contribution in [-0.2, 0) is 0 Å². The summed E-state index contributed by atoms with van der Waals surface area (Å²) in [6.07, 6.45) is 13.4. The lowest BCUT2D eigenvalue weighted by molar-refractivity contribution is 0.237. The van der Waals surface area contributed by atoms with Crippen molar-refractivity contribution in [1.29, 1.82) is 0 Å². The number of hydrogen-bond donors (Lipinski definition) is 0. The van der Waals surface area contributed by atoms with Gasteiger partial charge in [-0.15, -0.1) is 0 Å². The van der Waals surface area contributed by atoms with E-state index in [9.17, 15) is 13.2 Å². The number of hydrogen-bond acceptors (Lipinski definition) is 0. The van der Waals surface area contributed by atoms with Crippen LogP contribution in [0.4, 0.5) is 17.6 Å². The van der Waals surface area contributed by atoms with E-state index in [0.717, 1.165) is 31.6 Å². The third-order valence-electron chi connectivity index (χ3n) is 7.66. The lowest BCUT2D eigenvalue weighted by Gasteiger charge is -2.35. The van der Waals surface area contributed by atoms with Crippen LogP contribution in [0.25, 0.3) is 11.1 Å². The second kappa shape index (κ2) is 9.80. The van der Waals surface area contributed by atoms with Crippen molar-refractivity contribution in [3.05, 3.63) is 70.8 Å². The minimum absolute atomic E-state index is 0.0326. The maximum Gasteiger partial charge on any atom is 0.167 e. The number of halogens is 4. The summed E-state index contributed by atoms with van der Waals surface area (Å²) >= 11 is 0. The summed E-state index contributed by atoms with van der Waals surface area (Å²) in [4.78, 5) is 0. The molecule has 0 bridgehead atoms. The summed E-state index contributed by atoms with van der Waals surface area (Å²) in [5.74, 6) is -2.28. The van der Waals surface area contributed by atoms with Crippen LogP contribution in [0.2, 0.25) is 0 Å². The van der Waals surface area contributed by atoms with Crippen molar-refractivity contribution in [2.75, 3.05) is 0 Å². The molecule has 0 N–H and O–H groups in total. The van der Waals surface area contributed by atoms with E-state index in [4.69, 9.17) is 0 Å². The molecule has 2 unspecified atom stereocenters. The molecular weight excluding hydrogens is 412 g/mol. The summed E-state index contributed by atoms with van der Waals surface area (Å²) in [6.45, 7) is 3.66. The Morgan fingerprint density at radius 1 is 0.719 bits per heavy atom. The Morgan fingerprint density at radius 2 is 1.38 bits per heavy atom. The maximum atomic E-state index is 15.0. The molecule has 2 aromatic rings. The van der Waals surface area contributed by atoms with Gasteiger partial charge in [0.05, 0.1) is 0 Å². The van der Waals surface area contributed by atoms with Gasteiger partial charge in [-0.05, 0) is 86.7 Å². The van der Waals surface area contributed by atoms with Crippen molar-refractivity contribution < 1.29 is 17.6 Å². The first-order valence-electron chi connectivity index (χ1n) is 12.0. The van der Waals surface area contributed by atoms with Gasteiger partial charge in [-0.3, -0.25) is 0 Å². The third kappa shape index (κ3) is 4.51. The average Bonchev–Trinajstić information content (AvgIpc) is 2.81. The molecule has 4 heteroatoms.